The third-order valence-corrected chi connectivity index (χ3v) is 4.75. The largest absolute Gasteiger partial charge is 0.353 e. The van der Waals surface area contributed by atoms with Gasteiger partial charge in [0.25, 0.3) is 0 Å². The Morgan fingerprint density at radius 3 is 2.55 bits per heavy atom. The standard InChI is InChI=1S/C15H16N6S/c1-11-8-13(17-9-16-11)20-3-5-21(6-4-20)14-12-2-7-22-15(12)19-10-18-14/h2,7-10H,3-6H2,1H3. The lowest BCUT2D eigenvalue weighted by molar-refractivity contribution is 0.642. The first-order valence-corrected chi connectivity index (χ1v) is 8.16. The number of hydrogen-bond donors (Lipinski definition) is 0. The highest BCUT2D eigenvalue weighted by molar-refractivity contribution is 7.16. The minimum atomic E-state index is 0.936. The molecular formula is C15H16N6S. The molecule has 0 N–H and O–H groups in total. The van der Waals surface area contributed by atoms with E-state index in [0.717, 1.165) is 53.7 Å². The van der Waals surface area contributed by atoms with Crippen molar-refractivity contribution < 1.29 is 0 Å². The smallest absolute Gasteiger partial charge is 0.140 e. The lowest BCUT2D eigenvalue weighted by atomic mass is 10.2. The highest BCUT2D eigenvalue weighted by Crippen LogP contribution is 2.27. The summed E-state index contributed by atoms with van der Waals surface area (Å²) in [5.41, 5.74) is 1.00. The molecule has 0 saturated carbocycles. The van der Waals surface area contributed by atoms with Gasteiger partial charge in [-0.2, -0.15) is 0 Å². The van der Waals surface area contributed by atoms with Gasteiger partial charge in [-0.25, -0.2) is 19.9 Å². The van der Waals surface area contributed by atoms with Crippen molar-refractivity contribution in [2.45, 2.75) is 6.92 Å². The zero-order valence-corrected chi connectivity index (χ0v) is 13.1. The molecule has 0 radical (unpaired) electrons. The van der Waals surface area contributed by atoms with Gasteiger partial charge in [0, 0.05) is 37.9 Å². The number of aryl methyl sites for hydroxylation is 1. The molecule has 1 saturated heterocycles. The van der Waals surface area contributed by atoms with E-state index < -0.39 is 0 Å². The van der Waals surface area contributed by atoms with Gasteiger partial charge in [0.15, 0.2) is 0 Å². The zero-order chi connectivity index (χ0) is 14.9. The molecular weight excluding hydrogens is 296 g/mol. The van der Waals surface area contributed by atoms with Crippen LogP contribution < -0.4 is 9.80 Å². The first kappa shape index (κ1) is 13.4. The molecule has 0 spiro atoms. The molecule has 0 bridgehead atoms. The van der Waals surface area contributed by atoms with Crippen LogP contribution in [0.1, 0.15) is 5.69 Å². The quantitative estimate of drug-likeness (QED) is 0.722. The summed E-state index contributed by atoms with van der Waals surface area (Å²) in [4.78, 5) is 23.0. The Kier molecular flexibility index (Phi) is 3.34. The molecule has 4 heterocycles. The molecule has 1 aliphatic rings. The van der Waals surface area contributed by atoms with Gasteiger partial charge in [0.2, 0.25) is 0 Å². The second-order valence-corrected chi connectivity index (χ2v) is 6.22. The summed E-state index contributed by atoms with van der Waals surface area (Å²) in [5.74, 6) is 2.06. The number of fused-ring (bicyclic) bond motifs is 1. The summed E-state index contributed by atoms with van der Waals surface area (Å²) in [6.45, 7) is 5.74. The monoisotopic (exact) mass is 312 g/mol. The van der Waals surface area contributed by atoms with Gasteiger partial charge in [0.1, 0.15) is 29.1 Å². The molecule has 3 aromatic rings. The minimum Gasteiger partial charge on any atom is -0.353 e. The van der Waals surface area contributed by atoms with Crippen molar-refractivity contribution in [1.29, 1.82) is 0 Å². The van der Waals surface area contributed by atoms with Crippen molar-refractivity contribution in [1.82, 2.24) is 19.9 Å². The maximum Gasteiger partial charge on any atom is 0.140 e. The van der Waals surface area contributed by atoms with E-state index in [4.69, 9.17) is 0 Å². The molecule has 0 unspecified atom stereocenters. The SMILES string of the molecule is Cc1cc(N2CCN(c3ncnc4sccc34)CC2)ncn1. The summed E-state index contributed by atoms with van der Waals surface area (Å²) in [6, 6.07) is 4.15. The number of aromatic nitrogens is 4. The van der Waals surface area contributed by atoms with Crippen molar-refractivity contribution >= 4 is 33.2 Å². The predicted molar refractivity (Wildman–Crippen MR) is 88.6 cm³/mol. The Morgan fingerprint density at radius 2 is 1.73 bits per heavy atom. The van der Waals surface area contributed by atoms with E-state index in [0.29, 0.717) is 0 Å². The third-order valence-electron chi connectivity index (χ3n) is 3.93. The maximum atomic E-state index is 4.49. The summed E-state index contributed by atoms with van der Waals surface area (Å²) < 4.78 is 0. The zero-order valence-electron chi connectivity index (χ0n) is 12.3. The van der Waals surface area contributed by atoms with Crippen molar-refractivity contribution in [2.24, 2.45) is 0 Å². The molecule has 0 atom stereocenters. The fourth-order valence-electron chi connectivity index (χ4n) is 2.79. The molecule has 0 aromatic carbocycles. The average Bonchev–Trinajstić information content (AvgIpc) is 3.04. The average molecular weight is 312 g/mol. The number of thiophene rings is 1. The first-order valence-electron chi connectivity index (χ1n) is 7.28. The van der Waals surface area contributed by atoms with Gasteiger partial charge in [-0.3, -0.25) is 0 Å². The molecule has 112 valence electrons. The van der Waals surface area contributed by atoms with E-state index >= 15 is 0 Å². The maximum absolute atomic E-state index is 4.49. The fourth-order valence-corrected chi connectivity index (χ4v) is 3.52. The van der Waals surface area contributed by atoms with Crippen LogP contribution in [0.3, 0.4) is 0 Å². The number of piperazine rings is 1. The summed E-state index contributed by atoms with van der Waals surface area (Å²) in [6.07, 6.45) is 3.30. The molecule has 7 heteroatoms. The van der Waals surface area contributed by atoms with Gasteiger partial charge >= 0.3 is 0 Å². The van der Waals surface area contributed by atoms with Crippen LogP contribution in [0.15, 0.2) is 30.2 Å². The first-order chi connectivity index (χ1) is 10.8. The van der Waals surface area contributed by atoms with E-state index in [1.807, 2.05) is 13.0 Å². The van der Waals surface area contributed by atoms with Crippen LogP contribution in [-0.2, 0) is 0 Å². The van der Waals surface area contributed by atoms with Crippen LogP contribution in [0.5, 0.6) is 0 Å². The summed E-state index contributed by atoms with van der Waals surface area (Å²) >= 11 is 1.66. The highest BCUT2D eigenvalue weighted by atomic mass is 32.1. The van der Waals surface area contributed by atoms with Crippen molar-refractivity contribution in [3.05, 3.63) is 35.9 Å². The van der Waals surface area contributed by atoms with Gasteiger partial charge in [-0.05, 0) is 18.4 Å². The van der Waals surface area contributed by atoms with Gasteiger partial charge in [0.05, 0.1) is 5.39 Å². The van der Waals surface area contributed by atoms with Crippen LogP contribution in [0.2, 0.25) is 0 Å². The van der Waals surface area contributed by atoms with E-state index in [9.17, 15) is 0 Å². The Balaban J connectivity index is 1.53. The topological polar surface area (TPSA) is 58.0 Å². The van der Waals surface area contributed by atoms with Crippen LogP contribution in [-0.4, -0.2) is 46.1 Å². The number of nitrogens with zero attached hydrogens (tertiary/aromatic N) is 6. The van der Waals surface area contributed by atoms with Gasteiger partial charge < -0.3 is 9.80 Å². The molecule has 1 aliphatic heterocycles. The molecule has 0 amide bonds. The van der Waals surface area contributed by atoms with Crippen LogP contribution in [0, 0.1) is 6.92 Å². The second-order valence-electron chi connectivity index (χ2n) is 5.33. The van der Waals surface area contributed by atoms with Crippen molar-refractivity contribution in [3.8, 4) is 0 Å². The Bertz CT molecular complexity index is 793. The van der Waals surface area contributed by atoms with Crippen molar-refractivity contribution in [2.75, 3.05) is 36.0 Å². The molecule has 0 aliphatic carbocycles. The van der Waals surface area contributed by atoms with Crippen molar-refractivity contribution in [3.63, 3.8) is 0 Å². The normalized spacial score (nSPS) is 15.5. The predicted octanol–water partition coefficient (Wildman–Crippen LogP) is 2.12. The summed E-state index contributed by atoms with van der Waals surface area (Å²) in [5, 5.41) is 3.22. The Hall–Kier alpha value is -2.28. The number of anilines is 2. The summed E-state index contributed by atoms with van der Waals surface area (Å²) in [7, 11) is 0. The van der Waals surface area contributed by atoms with E-state index in [-0.39, 0.29) is 0 Å². The third kappa shape index (κ3) is 2.37. The van der Waals surface area contributed by atoms with Crippen LogP contribution >= 0.6 is 11.3 Å². The van der Waals surface area contributed by atoms with Crippen LogP contribution in [0.4, 0.5) is 11.6 Å². The lowest BCUT2D eigenvalue weighted by Crippen LogP contribution is -2.47. The fraction of sp³-hybridized carbons (Fsp3) is 0.333. The Labute approximate surface area is 132 Å². The second kappa shape index (κ2) is 5.49. The molecule has 4 rings (SSSR count). The number of rotatable bonds is 2. The van der Waals surface area contributed by atoms with Gasteiger partial charge in [-0.15, -0.1) is 11.3 Å². The highest BCUT2D eigenvalue weighted by Gasteiger charge is 2.21. The molecule has 6 nitrogen and oxygen atoms in total. The minimum absolute atomic E-state index is 0.936. The van der Waals surface area contributed by atoms with Crippen LogP contribution in [0.25, 0.3) is 10.2 Å². The lowest BCUT2D eigenvalue weighted by Gasteiger charge is -2.36. The van der Waals surface area contributed by atoms with E-state index in [2.05, 4.69) is 41.2 Å². The molecule has 3 aromatic heterocycles. The molecule has 1 fully saturated rings. The number of hydrogen-bond acceptors (Lipinski definition) is 7. The van der Waals surface area contributed by atoms with E-state index in [1.165, 1.54) is 0 Å². The Morgan fingerprint density at radius 1 is 0.955 bits per heavy atom. The van der Waals surface area contributed by atoms with E-state index in [1.54, 1.807) is 24.0 Å². The molecule has 22 heavy (non-hydrogen) atoms. The van der Waals surface area contributed by atoms with Gasteiger partial charge in [-0.1, -0.05) is 0 Å².